The molecule has 1 fully saturated rings. The molecule has 31 heavy (non-hydrogen) atoms. The van der Waals surface area contributed by atoms with E-state index in [1.54, 1.807) is 34.0 Å². The van der Waals surface area contributed by atoms with Gasteiger partial charge in [-0.25, -0.2) is 4.98 Å². The fraction of sp³-hybridized carbons (Fsp3) is 0.217. The number of hydrogen-bond donors (Lipinski definition) is 0. The third-order valence-corrected chi connectivity index (χ3v) is 5.33. The highest BCUT2D eigenvalue weighted by molar-refractivity contribution is 5.95. The number of amides is 1. The number of carbonyl (C=O) groups excluding carboxylic acids is 1. The first-order valence-corrected chi connectivity index (χ1v) is 10.1. The predicted octanol–water partition coefficient (Wildman–Crippen LogP) is 3.25. The summed E-state index contributed by atoms with van der Waals surface area (Å²) in [7, 11) is 0. The van der Waals surface area contributed by atoms with Gasteiger partial charge in [0.05, 0.1) is 11.3 Å². The minimum atomic E-state index is -0.469. The second-order valence-electron chi connectivity index (χ2n) is 7.34. The van der Waals surface area contributed by atoms with Crippen LogP contribution < -0.4 is 0 Å². The second-order valence-corrected chi connectivity index (χ2v) is 7.34. The number of imidazole rings is 1. The van der Waals surface area contributed by atoms with Gasteiger partial charge in [-0.1, -0.05) is 42.5 Å². The molecule has 158 valence electrons. The summed E-state index contributed by atoms with van der Waals surface area (Å²) in [5, 5.41) is 11.5. The van der Waals surface area contributed by atoms with Crippen LogP contribution in [0.1, 0.15) is 15.9 Å². The number of rotatable bonds is 6. The third kappa shape index (κ3) is 4.87. The van der Waals surface area contributed by atoms with Crippen LogP contribution in [-0.4, -0.2) is 62.9 Å². The number of nitro groups is 1. The summed E-state index contributed by atoms with van der Waals surface area (Å²) in [5.74, 6) is -0.181. The van der Waals surface area contributed by atoms with E-state index in [4.69, 9.17) is 0 Å². The Labute approximate surface area is 180 Å². The molecule has 1 amide bonds. The number of benzene rings is 2. The molecule has 2 aromatic carbocycles. The van der Waals surface area contributed by atoms with Crippen LogP contribution in [0.4, 0.5) is 5.69 Å². The monoisotopic (exact) mass is 417 g/mol. The molecule has 2 heterocycles. The van der Waals surface area contributed by atoms with Crippen LogP contribution in [0.15, 0.2) is 73.3 Å². The highest BCUT2D eigenvalue weighted by Crippen LogP contribution is 2.25. The standard InChI is InChI=1S/C23H23N5O3/c29-23(20-8-9-21(22(17-20)28(30)31)27-12-10-24-18-27)26-15-13-25(14-16-26)11-4-7-19-5-2-1-3-6-19/h1-10,12,17-18H,11,13-16H2. The number of hydrogen-bond acceptors (Lipinski definition) is 5. The van der Waals surface area contributed by atoms with Gasteiger partial charge < -0.3 is 9.47 Å². The Morgan fingerprint density at radius 3 is 2.55 bits per heavy atom. The summed E-state index contributed by atoms with van der Waals surface area (Å²) in [6.07, 6.45) is 8.91. The van der Waals surface area contributed by atoms with Gasteiger partial charge >= 0.3 is 0 Å². The summed E-state index contributed by atoms with van der Waals surface area (Å²) in [6.45, 7) is 3.53. The molecule has 0 unspecified atom stereocenters. The molecule has 0 bridgehead atoms. The average molecular weight is 417 g/mol. The van der Waals surface area contributed by atoms with Gasteiger partial charge in [0.25, 0.3) is 11.6 Å². The SMILES string of the molecule is O=C(c1ccc(-n2ccnc2)c([N+](=O)[O-])c1)N1CCN(CC=Cc2ccccc2)CC1. The lowest BCUT2D eigenvalue weighted by Gasteiger charge is -2.34. The van der Waals surface area contributed by atoms with E-state index in [1.165, 1.54) is 12.4 Å². The molecule has 1 saturated heterocycles. The highest BCUT2D eigenvalue weighted by atomic mass is 16.6. The summed E-state index contributed by atoms with van der Waals surface area (Å²) < 4.78 is 1.56. The molecule has 0 aliphatic carbocycles. The molecule has 8 heteroatoms. The largest absolute Gasteiger partial charge is 0.336 e. The van der Waals surface area contributed by atoms with Crippen LogP contribution in [0.2, 0.25) is 0 Å². The molecular formula is C23H23N5O3. The molecule has 3 aromatic rings. The Hall–Kier alpha value is -3.78. The minimum Gasteiger partial charge on any atom is -0.336 e. The van der Waals surface area contributed by atoms with Crippen molar-refractivity contribution in [1.82, 2.24) is 19.4 Å². The van der Waals surface area contributed by atoms with Gasteiger partial charge in [0.15, 0.2) is 0 Å². The zero-order chi connectivity index (χ0) is 21.6. The van der Waals surface area contributed by atoms with Crippen molar-refractivity contribution in [2.45, 2.75) is 0 Å². The molecular weight excluding hydrogens is 394 g/mol. The maximum Gasteiger partial charge on any atom is 0.294 e. The molecule has 1 aliphatic heterocycles. The molecule has 8 nitrogen and oxygen atoms in total. The maximum absolute atomic E-state index is 12.9. The van der Waals surface area contributed by atoms with Gasteiger partial charge in [0, 0.05) is 56.7 Å². The molecule has 0 saturated carbocycles. The van der Waals surface area contributed by atoms with Gasteiger partial charge in [0.1, 0.15) is 5.69 Å². The first-order chi connectivity index (χ1) is 15.1. The summed E-state index contributed by atoms with van der Waals surface area (Å²) in [4.78, 5) is 32.0. The first-order valence-electron chi connectivity index (χ1n) is 10.1. The van der Waals surface area contributed by atoms with Gasteiger partial charge in [0.2, 0.25) is 0 Å². The molecule has 1 aromatic heterocycles. The van der Waals surface area contributed by atoms with E-state index in [9.17, 15) is 14.9 Å². The molecule has 1 aliphatic rings. The fourth-order valence-electron chi connectivity index (χ4n) is 3.64. The molecule has 0 radical (unpaired) electrons. The van der Waals surface area contributed by atoms with Gasteiger partial charge in [-0.15, -0.1) is 0 Å². The van der Waals surface area contributed by atoms with Crippen LogP contribution in [0.3, 0.4) is 0 Å². The quantitative estimate of drug-likeness (QED) is 0.454. The van der Waals surface area contributed by atoms with Crippen molar-refractivity contribution in [1.29, 1.82) is 0 Å². The van der Waals surface area contributed by atoms with Crippen LogP contribution in [0.5, 0.6) is 0 Å². The van der Waals surface area contributed by atoms with Gasteiger partial charge in [-0.2, -0.15) is 0 Å². The Morgan fingerprint density at radius 2 is 1.87 bits per heavy atom. The van der Waals surface area contributed by atoms with Crippen molar-refractivity contribution in [3.63, 3.8) is 0 Å². The molecule has 4 rings (SSSR count). The van der Waals surface area contributed by atoms with Crippen LogP contribution in [0.25, 0.3) is 11.8 Å². The average Bonchev–Trinajstić information content (AvgIpc) is 3.34. The van der Waals surface area contributed by atoms with E-state index in [2.05, 4.69) is 34.2 Å². The Morgan fingerprint density at radius 1 is 1.10 bits per heavy atom. The Kier molecular flexibility index (Phi) is 6.18. The molecule has 0 atom stereocenters. The number of piperazine rings is 1. The first kappa shape index (κ1) is 20.5. The minimum absolute atomic E-state index is 0.117. The lowest BCUT2D eigenvalue weighted by Crippen LogP contribution is -2.48. The summed E-state index contributed by atoms with van der Waals surface area (Å²) in [5.41, 5.74) is 1.76. The van der Waals surface area contributed by atoms with Crippen LogP contribution in [0, 0.1) is 10.1 Å². The summed E-state index contributed by atoms with van der Waals surface area (Å²) >= 11 is 0. The number of carbonyl (C=O) groups is 1. The fourth-order valence-corrected chi connectivity index (χ4v) is 3.64. The number of nitro benzene ring substituents is 1. The van der Waals surface area contributed by atoms with Crippen molar-refractivity contribution in [2.75, 3.05) is 32.7 Å². The smallest absolute Gasteiger partial charge is 0.294 e. The summed E-state index contributed by atoms with van der Waals surface area (Å²) in [6, 6.07) is 14.7. The predicted molar refractivity (Wildman–Crippen MR) is 118 cm³/mol. The zero-order valence-electron chi connectivity index (χ0n) is 17.0. The van der Waals surface area contributed by atoms with E-state index >= 15 is 0 Å². The van der Waals surface area contributed by atoms with Gasteiger partial charge in [-0.3, -0.25) is 19.8 Å². The highest BCUT2D eigenvalue weighted by Gasteiger charge is 2.24. The zero-order valence-corrected chi connectivity index (χ0v) is 17.0. The van der Waals surface area contributed by atoms with E-state index < -0.39 is 4.92 Å². The second kappa shape index (κ2) is 9.36. The van der Waals surface area contributed by atoms with E-state index in [1.807, 2.05) is 18.2 Å². The molecule has 0 spiro atoms. The Bertz CT molecular complexity index is 1070. The van der Waals surface area contributed by atoms with Crippen molar-refractivity contribution < 1.29 is 9.72 Å². The lowest BCUT2D eigenvalue weighted by molar-refractivity contribution is -0.384. The van der Waals surface area contributed by atoms with E-state index in [0.717, 1.165) is 25.2 Å². The van der Waals surface area contributed by atoms with Crippen molar-refractivity contribution >= 4 is 17.7 Å². The van der Waals surface area contributed by atoms with E-state index in [0.29, 0.717) is 24.3 Å². The molecule has 0 N–H and O–H groups in total. The normalized spacial score (nSPS) is 14.8. The van der Waals surface area contributed by atoms with E-state index in [-0.39, 0.29) is 11.6 Å². The van der Waals surface area contributed by atoms with Crippen molar-refractivity contribution in [3.05, 3.63) is 94.6 Å². The number of aromatic nitrogens is 2. The van der Waals surface area contributed by atoms with Crippen molar-refractivity contribution in [3.8, 4) is 5.69 Å². The lowest BCUT2D eigenvalue weighted by atomic mass is 10.1. The van der Waals surface area contributed by atoms with Crippen LogP contribution >= 0.6 is 0 Å². The number of nitrogens with zero attached hydrogens (tertiary/aromatic N) is 5. The van der Waals surface area contributed by atoms with Crippen LogP contribution in [-0.2, 0) is 0 Å². The topological polar surface area (TPSA) is 84.5 Å². The van der Waals surface area contributed by atoms with Gasteiger partial charge in [-0.05, 0) is 17.7 Å². The maximum atomic E-state index is 12.9. The third-order valence-electron chi connectivity index (χ3n) is 5.33. The Balaban J connectivity index is 1.38. The van der Waals surface area contributed by atoms with Crippen molar-refractivity contribution in [2.24, 2.45) is 0 Å².